The van der Waals surface area contributed by atoms with Gasteiger partial charge in [-0.2, -0.15) is 0 Å². The Hall–Kier alpha value is -1.26. The van der Waals surface area contributed by atoms with E-state index in [-0.39, 0.29) is 5.41 Å². The fourth-order valence-electron chi connectivity index (χ4n) is 3.05. The number of methoxy groups -OCH3 is 2. The Bertz CT molecular complexity index is 479. The van der Waals surface area contributed by atoms with E-state index in [9.17, 15) is 0 Å². The van der Waals surface area contributed by atoms with Gasteiger partial charge in [-0.15, -0.1) is 0 Å². The highest BCUT2D eigenvalue weighted by atomic mass is 16.5. The van der Waals surface area contributed by atoms with Gasteiger partial charge in [0, 0.05) is 18.7 Å². The molecule has 1 aromatic carbocycles. The lowest BCUT2D eigenvalue weighted by atomic mass is 9.66. The van der Waals surface area contributed by atoms with E-state index < -0.39 is 0 Å². The smallest absolute Gasteiger partial charge is 0.123 e. The van der Waals surface area contributed by atoms with Crippen molar-refractivity contribution in [2.24, 2.45) is 5.92 Å². The van der Waals surface area contributed by atoms with Gasteiger partial charge in [-0.1, -0.05) is 0 Å². The van der Waals surface area contributed by atoms with Crippen LogP contribution in [-0.2, 0) is 10.2 Å². The van der Waals surface area contributed by atoms with Gasteiger partial charge in [0.15, 0.2) is 0 Å². The van der Waals surface area contributed by atoms with Crippen molar-refractivity contribution in [2.45, 2.75) is 12.3 Å². The summed E-state index contributed by atoms with van der Waals surface area (Å²) in [5, 5.41) is 3.35. The zero-order chi connectivity index (χ0) is 13.5. The molecule has 1 N–H and O–H groups in total. The van der Waals surface area contributed by atoms with Gasteiger partial charge in [0.1, 0.15) is 11.5 Å². The van der Waals surface area contributed by atoms with E-state index >= 15 is 0 Å². The molecule has 0 saturated carbocycles. The maximum absolute atomic E-state index is 5.59. The summed E-state index contributed by atoms with van der Waals surface area (Å²) in [6.45, 7) is 5.72. The van der Waals surface area contributed by atoms with E-state index in [1.54, 1.807) is 14.2 Å². The van der Waals surface area contributed by atoms with Crippen LogP contribution in [0.25, 0.3) is 0 Å². The van der Waals surface area contributed by atoms with Crippen LogP contribution in [0, 0.1) is 12.8 Å². The van der Waals surface area contributed by atoms with Crippen LogP contribution in [0.2, 0.25) is 0 Å². The predicted octanol–water partition coefficient (Wildman–Crippen LogP) is 1.50. The standard InChI is InChI=1S/C15H21NO3/c1-10-4-14(18-3)12(5-13(10)17-2)15(8-19-9-15)11-6-16-7-11/h4-5,11,16H,6-9H2,1-3H3. The van der Waals surface area contributed by atoms with E-state index in [0.717, 1.165) is 43.4 Å². The number of ether oxygens (including phenoxy) is 3. The zero-order valence-electron chi connectivity index (χ0n) is 11.8. The van der Waals surface area contributed by atoms with E-state index in [4.69, 9.17) is 14.2 Å². The van der Waals surface area contributed by atoms with Gasteiger partial charge in [-0.3, -0.25) is 0 Å². The molecule has 4 heteroatoms. The van der Waals surface area contributed by atoms with Crippen molar-refractivity contribution in [1.82, 2.24) is 5.32 Å². The summed E-state index contributed by atoms with van der Waals surface area (Å²) in [5.41, 5.74) is 2.43. The molecule has 19 heavy (non-hydrogen) atoms. The molecule has 104 valence electrons. The quantitative estimate of drug-likeness (QED) is 0.893. The highest BCUT2D eigenvalue weighted by Gasteiger charge is 2.50. The average Bonchev–Trinajstić information content (AvgIpc) is 2.31. The minimum Gasteiger partial charge on any atom is -0.496 e. The van der Waals surface area contributed by atoms with E-state index in [2.05, 4.69) is 17.4 Å². The maximum atomic E-state index is 5.59. The molecule has 0 aliphatic carbocycles. The second kappa shape index (κ2) is 4.69. The Morgan fingerprint density at radius 1 is 1.16 bits per heavy atom. The van der Waals surface area contributed by atoms with Gasteiger partial charge in [0.2, 0.25) is 0 Å². The highest BCUT2D eigenvalue weighted by molar-refractivity contribution is 5.51. The third-order valence-electron chi connectivity index (χ3n) is 4.54. The molecule has 0 aromatic heterocycles. The maximum Gasteiger partial charge on any atom is 0.123 e. The molecule has 2 aliphatic heterocycles. The summed E-state index contributed by atoms with van der Waals surface area (Å²) < 4.78 is 16.6. The molecule has 0 unspecified atom stereocenters. The van der Waals surface area contributed by atoms with Crippen molar-refractivity contribution < 1.29 is 14.2 Å². The normalized spacial score (nSPS) is 21.4. The minimum absolute atomic E-state index is 0.0948. The van der Waals surface area contributed by atoms with Gasteiger partial charge < -0.3 is 19.5 Å². The summed E-state index contributed by atoms with van der Waals surface area (Å²) in [6.07, 6.45) is 0. The minimum atomic E-state index is 0.0948. The van der Waals surface area contributed by atoms with E-state index in [1.807, 2.05) is 6.92 Å². The number of aryl methyl sites for hydroxylation is 1. The van der Waals surface area contributed by atoms with Crippen molar-refractivity contribution in [1.29, 1.82) is 0 Å². The molecule has 2 fully saturated rings. The predicted molar refractivity (Wildman–Crippen MR) is 73.1 cm³/mol. The summed E-state index contributed by atoms with van der Waals surface area (Å²) in [5.74, 6) is 2.51. The van der Waals surface area contributed by atoms with Gasteiger partial charge >= 0.3 is 0 Å². The molecule has 2 aliphatic rings. The molecule has 2 heterocycles. The fourth-order valence-corrected chi connectivity index (χ4v) is 3.05. The molecular weight excluding hydrogens is 242 g/mol. The number of hydrogen-bond donors (Lipinski definition) is 1. The molecule has 0 amide bonds. The van der Waals surface area contributed by atoms with Gasteiger partial charge in [-0.05, 0) is 30.5 Å². The topological polar surface area (TPSA) is 39.7 Å². The van der Waals surface area contributed by atoms with Crippen LogP contribution < -0.4 is 14.8 Å². The number of hydrogen-bond acceptors (Lipinski definition) is 4. The molecule has 0 spiro atoms. The first-order chi connectivity index (χ1) is 9.21. The molecule has 1 aromatic rings. The molecule has 0 atom stereocenters. The monoisotopic (exact) mass is 263 g/mol. The first-order valence-electron chi connectivity index (χ1n) is 6.73. The Morgan fingerprint density at radius 2 is 1.84 bits per heavy atom. The fraction of sp³-hybridized carbons (Fsp3) is 0.600. The lowest BCUT2D eigenvalue weighted by Gasteiger charge is -2.51. The van der Waals surface area contributed by atoms with Crippen LogP contribution in [-0.4, -0.2) is 40.5 Å². The summed E-state index contributed by atoms with van der Waals surface area (Å²) in [7, 11) is 3.45. The number of nitrogens with one attached hydrogen (secondary N) is 1. The van der Waals surface area contributed by atoms with Crippen LogP contribution in [0.1, 0.15) is 11.1 Å². The molecule has 2 saturated heterocycles. The largest absolute Gasteiger partial charge is 0.496 e. The zero-order valence-corrected chi connectivity index (χ0v) is 11.8. The summed E-state index contributed by atoms with van der Waals surface area (Å²) in [4.78, 5) is 0. The molecular formula is C15H21NO3. The summed E-state index contributed by atoms with van der Waals surface area (Å²) >= 11 is 0. The second-order valence-electron chi connectivity index (χ2n) is 5.53. The van der Waals surface area contributed by atoms with Crippen molar-refractivity contribution >= 4 is 0 Å². The highest BCUT2D eigenvalue weighted by Crippen LogP contribution is 2.46. The second-order valence-corrected chi connectivity index (χ2v) is 5.53. The van der Waals surface area contributed by atoms with Crippen LogP contribution in [0.3, 0.4) is 0 Å². The van der Waals surface area contributed by atoms with E-state index in [0.29, 0.717) is 5.92 Å². The van der Waals surface area contributed by atoms with Gasteiger partial charge in [-0.25, -0.2) is 0 Å². The number of benzene rings is 1. The SMILES string of the molecule is COc1cc(C2(C3CNC3)COC2)c(OC)cc1C. The lowest BCUT2D eigenvalue weighted by Crippen LogP contribution is -2.62. The van der Waals surface area contributed by atoms with E-state index in [1.165, 1.54) is 5.56 Å². The molecule has 3 rings (SSSR count). The first-order valence-corrected chi connectivity index (χ1v) is 6.73. The van der Waals surface area contributed by atoms with Gasteiger partial charge in [0.25, 0.3) is 0 Å². The Labute approximate surface area is 114 Å². The van der Waals surface area contributed by atoms with Crippen LogP contribution in [0.15, 0.2) is 12.1 Å². The van der Waals surface area contributed by atoms with Crippen LogP contribution in [0.4, 0.5) is 0 Å². The molecule has 0 radical (unpaired) electrons. The Morgan fingerprint density at radius 3 is 2.26 bits per heavy atom. The number of rotatable bonds is 4. The first kappa shape index (κ1) is 12.8. The third kappa shape index (κ3) is 1.82. The Balaban J connectivity index is 2.06. The Kier molecular flexibility index (Phi) is 3.15. The van der Waals surface area contributed by atoms with Crippen molar-refractivity contribution in [3.05, 3.63) is 23.3 Å². The van der Waals surface area contributed by atoms with Crippen LogP contribution >= 0.6 is 0 Å². The lowest BCUT2D eigenvalue weighted by molar-refractivity contribution is -0.102. The molecule has 4 nitrogen and oxygen atoms in total. The molecule has 0 bridgehead atoms. The van der Waals surface area contributed by atoms with Crippen molar-refractivity contribution in [2.75, 3.05) is 40.5 Å². The van der Waals surface area contributed by atoms with Gasteiger partial charge in [0.05, 0.1) is 32.8 Å². The van der Waals surface area contributed by atoms with Crippen LogP contribution in [0.5, 0.6) is 11.5 Å². The van der Waals surface area contributed by atoms with Crippen molar-refractivity contribution in [3.8, 4) is 11.5 Å². The summed E-state index contributed by atoms with van der Waals surface area (Å²) in [6, 6.07) is 4.20. The third-order valence-corrected chi connectivity index (χ3v) is 4.54. The van der Waals surface area contributed by atoms with Crippen molar-refractivity contribution in [3.63, 3.8) is 0 Å². The average molecular weight is 263 g/mol.